The average Bonchev–Trinajstić information content (AvgIpc) is 3.39. The fourth-order valence-corrected chi connectivity index (χ4v) is 3.49. The molecule has 140 valence electrons. The molecular formula is C21H28N2O2S. The van der Waals surface area contributed by atoms with Crippen LogP contribution in [0.5, 0.6) is 0 Å². The molecule has 0 atom stereocenters. The molecule has 0 aliphatic carbocycles. The molecule has 4 nitrogen and oxygen atoms in total. The molecular weight excluding hydrogens is 344 g/mol. The van der Waals surface area contributed by atoms with Gasteiger partial charge in [0.2, 0.25) is 5.91 Å². The van der Waals surface area contributed by atoms with Crippen molar-refractivity contribution in [1.29, 1.82) is 0 Å². The number of para-hydroxylation sites is 1. The highest BCUT2D eigenvalue weighted by Crippen LogP contribution is 2.34. The SMILES string of the molecule is [2H]c1c([2H])c([2H])c(N(C(=O)C([2H])([2H])C)C2(OC)CCN(C([2H])([2H])C([2H])([2H])c3cccs3)CC2)c([2H])c1[2H]. The van der Waals surface area contributed by atoms with Crippen molar-refractivity contribution in [2.75, 3.05) is 31.6 Å². The predicted molar refractivity (Wildman–Crippen MR) is 108 cm³/mol. The molecule has 1 amide bonds. The smallest absolute Gasteiger partial charge is 0.229 e. The van der Waals surface area contributed by atoms with E-state index >= 15 is 0 Å². The van der Waals surface area contributed by atoms with E-state index in [0.717, 1.165) is 23.2 Å². The van der Waals surface area contributed by atoms with Gasteiger partial charge in [-0.2, -0.15) is 0 Å². The molecule has 5 heteroatoms. The molecule has 0 unspecified atom stereocenters. The second-order valence-corrected chi connectivity index (χ2v) is 6.66. The molecule has 1 aliphatic rings. The lowest BCUT2D eigenvalue weighted by Crippen LogP contribution is -2.59. The zero-order valence-electron chi connectivity index (χ0n) is 25.7. The molecule has 1 fully saturated rings. The highest BCUT2D eigenvalue weighted by molar-refractivity contribution is 7.09. The van der Waals surface area contributed by atoms with Crippen LogP contribution in [-0.4, -0.2) is 43.2 Å². The number of amides is 1. The minimum atomic E-state index is -2.50. The molecule has 26 heavy (non-hydrogen) atoms. The summed E-state index contributed by atoms with van der Waals surface area (Å²) >= 11 is 1.09. The second kappa shape index (κ2) is 8.80. The Balaban J connectivity index is 2.08. The van der Waals surface area contributed by atoms with Gasteiger partial charge < -0.3 is 9.64 Å². The van der Waals surface area contributed by atoms with Gasteiger partial charge in [-0.15, -0.1) is 11.3 Å². The Kier molecular flexibility index (Phi) is 3.21. The van der Waals surface area contributed by atoms with Crippen molar-refractivity contribution in [3.05, 3.63) is 52.6 Å². The quantitative estimate of drug-likeness (QED) is 0.673. The number of methoxy groups -OCH3 is 1. The van der Waals surface area contributed by atoms with Crippen molar-refractivity contribution in [2.24, 2.45) is 0 Å². The molecule has 1 aromatic heterocycles. The van der Waals surface area contributed by atoms with E-state index in [1.807, 2.05) is 0 Å². The fourth-order valence-electron chi connectivity index (χ4n) is 2.93. The van der Waals surface area contributed by atoms with E-state index in [9.17, 15) is 4.79 Å². The van der Waals surface area contributed by atoms with Crippen molar-refractivity contribution < 1.29 is 24.6 Å². The average molecular weight is 384 g/mol. The molecule has 0 radical (unpaired) electrons. The van der Waals surface area contributed by atoms with Crippen LogP contribution in [0.3, 0.4) is 0 Å². The summed E-state index contributed by atoms with van der Waals surface area (Å²) in [5.74, 6) is -1.18. The lowest BCUT2D eigenvalue weighted by Gasteiger charge is -2.47. The van der Waals surface area contributed by atoms with Gasteiger partial charge in [-0.05, 0) is 29.9 Å². The van der Waals surface area contributed by atoms with E-state index in [0.29, 0.717) is 0 Å². The maximum atomic E-state index is 13.4. The number of thiophene rings is 1. The number of hydrogen-bond acceptors (Lipinski definition) is 4. The first-order valence-electron chi connectivity index (χ1n) is 13.7. The second-order valence-electron chi connectivity index (χ2n) is 5.72. The topological polar surface area (TPSA) is 32.8 Å². The monoisotopic (exact) mass is 383 g/mol. The van der Waals surface area contributed by atoms with Gasteiger partial charge in [0.25, 0.3) is 0 Å². The van der Waals surface area contributed by atoms with Crippen LogP contribution in [0.2, 0.25) is 0 Å². The Morgan fingerprint density at radius 3 is 2.69 bits per heavy atom. The maximum Gasteiger partial charge on any atom is 0.229 e. The third-order valence-corrected chi connectivity index (χ3v) is 5.10. The number of carbonyl (C=O) groups is 1. The first-order valence-corrected chi connectivity index (χ1v) is 9.08. The van der Waals surface area contributed by atoms with Gasteiger partial charge in [-0.1, -0.05) is 31.1 Å². The third-order valence-electron chi connectivity index (χ3n) is 4.32. The minimum Gasteiger partial charge on any atom is -0.358 e. The van der Waals surface area contributed by atoms with Crippen LogP contribution in [0.15, 0.2) is 47.7 Å². The number of hydrogen-bond donors (Lipinski definition) is 0. The first kappa shape index (κ1) is 9.49. The number of rotatable bonds is 7. The van der Waals surface area contributed by atoms with Crippen molar-refractivity contribution in [3.63, 3.8) is 0 Å². The molecule has 2 heterocycles. The van der Waals surface area contributed by atoms with Gasteiger partial charge in [0.05, 0.1) is 6.85 Å². The normalized spacial score (nSPS) is 24.9. The van der Waals surface area contributed by atoms with Crippen molar-refractivity contribution in [1.82, 2.24) is 4.90 Å². The van der Waals surface area contributed by atoms with Crippen molar-refractivity contribution in [3.8, 4) is 0 Å². The summed E-state index contributed by atoms with van der Waals surface area (Å²) in [6.45, 7) is -1.71. The number of likely N-dealkylation sites (tertiary alicyclic amines) is 1. The van der Waals surface area contributed by atoms with Gasteiger partial charge in [0.15, 0.2) is 0 Å². The van der Waals surface area contributed by atoms with E-state index in [2.05, 4.69) is 0 Å². The van der Waals surface area contributed by atoms with Crippen LogP contribution >= 0.6 is 11.3 Å². The lowest BCUT2D eigenvalue weighted by atomic mass is 9.96. The Labute approximate surface area is 175 Å². The molecule has 0 N–H and O–H groups in total. The van der Waals surface area contributed by atoms with E-state index in [-0.39, 0.29) is 30.8 Å². The van der Waals surface area contributed by atoms with Gasteiger partial charge in [-0.3, -0.25) is 9.69 Å². The molecule has 0 saturated carbocycles. The van der Waals surface area contributed by atoms with Crippen LogP contribution in [0.25, 0.3) is 0 Å². The zero-order chi connectivity index (χ0) is 28.1. The van der Waals surface area contributed by atoms with E-state index in [4.69, 9.17) is 19.8 Å². The van der Waals surface area contributed by atoms with Crippen LogP contribution in [-0.2, 0) is 15.9 Å². The van der Waals surface area contributed by atoms with E-state index < -0.39 is 66.8 Å². The molecule has 1 aromatic carbocycles. The van der Waals surface area contributed by atoms with Gasteiger partial charge in [0, 0.05) is 64.7 Å². The third kappa shape index (κ3) is 4.17. The molecule has 1 aliphatic heterocycles. The van der Waals surface area contributed by atoms with Gasteiger partial charge >= 0.3 is 0 Å². The maximum absolute atomic E-state index is 13.4. The van der Waals surface area contributed by atoms with Crippen molar-refractivity contribution in [2.45, 2.75) is 38.2 Å². The highest BCUT2D eigenvalue weighted by Gasteiger charge is 2.42. The number of piperidine rings is 1. The molecule has 2 aromatic rings. The Hall–Kier alpha value is -1.69. The number of carbonyl (C=O) groups excluding carboxylic acids is 1. The number of aryl methyl sites for hydroxylation is 1. The van der Waals surface area contributed by atoms with Crippen LogP contribution < -0.4 is 4.90 Å². The summed E-state index contributed by atoms with van der Waals surface area (Å²) in [7, 11) is 1.25. The van der Waals surface area contributed by atoms with E-state index in [1.165, 1.54) is 18.1 Å². The van der Waals surface area contributed by atoms with Gasteiger partial charge in [-0.25, -0.2) is 0 Å². The summed E-state index contributed by atoms with van der Waals surface area (Å²) in [6, 6.07) is -0.338. The first-order chi connectivity index (χ1) is 16.9. The Morgan fingerprint density at radius 1 is 1.38 bits per heavy atom. The number of nitrogens with zero attached hydrogens (tertiary/aromatic N) is 2. The highest BCUT2D eigenvalue weighted by atomic mass is 32.1. The molecule has 1 saturated heterocycles. The predicted octanol–water partition coefficient (Wildman–Crippen LogP) is 4.17. The minimum absolute atomic E-state index is 0.124. The summed E-state index contributed by atoms with van der Waals surface area (Å²) in [4.78, 5) is 15.7. The van der Waals surface area contributed by atoms with Crippen LogP contribution in [0.1, 0.15) is 46.1 Å². The standard InChI is InChI=1S/C21H28N2O2S/c1-3-20(24)23(18-8-5-4-6-9-18)21(25-2)12-15-22(16-13-21)14-11-19-10-7-17-26-19/h4-10,17H,3,11-16H2,1-2H3/i3D2,4D,5D,6D,8D,9D,11D2,14D2. The molecule has 0 bridgehead atoms. The summed E-state index contributed by atoms with van der Waals surface area (Å²) in [6.07, 6.45) is -5.16. The summed E-state index contributed by atoms with van der Waals surface area (Å²) < 4.78 is 96.6. The summed E-state index contributed by atoms with van der Waals surface area (Å²) in [5.41, 5.74) is -2.22. The van der Waals surface area contributed by atoms with Crippen molar-refractivity contribution >= 4 is 22.9 Å². The Bertz CT molecular complexity index is 1130. The largest absolute Gasteiger partial charge is 0.358 e. The van der Waals surface area contributed by atoms with E-state index in [1.54, 1.807) is 11.4 Å². The number of benzene rings is 1. The molecule has 0 spiro atoms. The van der Waals surface area contributed by atoms with Crippen LogP contribution in [0, 0.1) is 0 Å². The molecule has 3 rings (SSSR count). The lowest BCUT2D eigenvalue weighted by molar-refractivity contribution is -0.128. The zero-order valence-corrected chi connectivity index (χ0v) is 15.5. The van der Waals surface area contributed by atoms with Gasteiger partial charge in [0.1, 0.15) is 5.72 Å². The number of anilines is 1. The Morgan fingerprint density at radius 2 is 2.12 bits per heavy atom. The van der Waals surface area contributed by atoms with Crippen LogP contribution in [0.4, 0.5) is 5.69 Å². The number of ether oxygens (including phenoxy) is 1. The summed E-state index contributed by atoms with van der Waals surface area (Å²) in [5, 5.41) is 1.65. The fraction of sp³-hybridized carbons (Fsp3) is 0.476.